The molecule has 142 valence electrons. The van der Waals surface area contributed by atoms with Crippen molar-refractivity contribution in [2.75, 3.05) is 19.0 Å². The van der Waals surface area contributed by atoms with E-state index in [0.717, 1.165) is 16.8 Å². The molecule has 0 atom stereocenters. The van der Waals surface area contributed by atoms with Crippen LogP contribution in [0.5, 0.6) is 0 Å². The fourth-order valence-electron chi connectivity index (χ4n) is 2.87. The van der Waals surface area contributed by atoms with Crippen molar-refractivity contribution in [1.82, 2.24) is 14.5 Å². The van der Waals surface area contributed by atoms with E-state index in [1.54, 1.807) is 18.3 Å². The second-order valence-electron chi connectivity index (χ2n) is 6.53. The van der Waals surface area contributed by atoms with Crippen LogP contribution >= 0.6 is 0 Å². The summed E-state index contributed by atoms with van der Waals surface area (Å²) >= 11 is 0. The van der Waals surface area contributed by atoms with Gasteiger partial charge in [-0.1, -0.05) is 12.1 Å². The molecule has 0 saturated heterocycles. The SMILES string of the molecule is CN(C)c1cc(COC(=O)Cn2cnc3c(oc4ccccc43)c2=O)ccn1. The molecule has 3 heterocycles. The monoisotopic (exact) mass is 378 g/mol. The predicted molar refractivity (Wildman–Crippen MR) is 104 cm³/mol. The fraction of sp³-hybridized carbons (Fsp3) is 0.200. The highest BCUT2D eigenvalue weighted by atomic mass is 16.5. The summed E-state index contributed by atoms with van der Waals surface area (Å²) in [7, 11) is 3.76. The number of ether oxygens (including phenoxy) is 1. The van der Waals surface area contributed by atoms with Crippen LogP contribution < -0.4 is 10.5 Å². The average Bonchev–Trinajstić information content (AvgIpc) is 3.08. The van der Waals surface area contributed by atoms with Crippen LogP contribution in [0.3, 0.4) is 0 Å². The number of pyridine rings is 1. The molecule has 4 rings (SSSR count). The summed E-state index contributed by atoms with van der Waals surface area (Å²) in [5, 5.41) is 0.763. The highest BCUT2D eigenvalue weighted by Crippen LogP contribution is 2.24. The maximum Gasteiger partial charge on any atom is 0.326 e. The van der Waals surface area contributed by atoms with Crippen LogP contribution in [-0.4, -0.2) is 34.6 Å². The van der Waals surface area contributed by atoms with Crippen LogP contribution in [-0.2, 0) is 22.7 Å². The molecule has 1 aromatic carbocycles. The number of furan rings is 1. The fourth-order valence-corrected chi connectivity index (χ4v) is 2.87. The third-order valence-electron chi connectivity index (χ3n) is 4.32. The van der Waals surface area contributed by atoms with Crippen LogP contribution in [0.1, 0.15) is 5.56 Å². The van der Waals surface area contributed by atoms with E-state index in [-0.39, 0.29) is 18.7 Å². The van der Waals surface area contributed by atoms with E-state index >= 15 is 0 Å². The van der Waals surface area contributed by atoms with Gasteiger partial charge in [0, 0.05) is 25.7 Å². The maximum atomic E-state index is 12.6. The van der Waals surface area contributed by atoms with Gasteiger partial charge in [-0.25, -0.2) is 9.97 Å². The van der Waals surface area contributed by atoms with Crippen molar-refractivity contribution in [3.63, 3.8) is 0 Å². The van der Waals surface area contributed by atoms with Gasteiger partial charge < -0.3 is 14.1 Å². The first-order valence-electron chi connectivity index (χ1n) is 8.67. The topological polar surface area (TPSA) is 90.5 Å². The van der Waals surface area contributed by atoms with E-state index < -0.39 is 11.5 Å². The number of carbonyl (C=O) groups excluding carboxylic acids is 1. The number of hydrogen-bond donors (Lipinski definition) is 0. The van der Waals surface area contributed by atoms with Gasteiger partial charge in [0.05, 0.1) is 6.33 Å². The number of esters is 1. The molecular formula is C20H18N4O4. The molecule has 0 amide bonds. The number of hydrogen-bond acceptors (Lipinski definition) is 7. The van der Waals surface area contributed by atoms with Crippen LogP contribution in [0.15, 0.2) is 58.1 Å². The number of carbonyl (C=O) groups is 1. The largest absolute Gasteiger partial charge is 0.459 e. The molecule has 0 bridgehead atoms. The van der Waals surface area contributed by atoms with E-state index in [0.29, 0.717) is 11.1 Å². The summed E-state index contributed by atoms with van der Waals surface area (Å²) in [5.74, 6) is 0.229. The highest BCUT2D eigenvalue weighted by Gasteiger charge is 2.15. The predicted octanol–water partition coefficient (Wildman–Crippen LogP) is 2.35. The molecule has 0 spiro atoms. The van der Waals surface area contributed by atoms with Crippen LogP contribution in [0, 0.1) is 0 Å². The van der Waals surface area contributed by atoms with Gasteiger partial charge in [0.1, 0.15) is 30.1 Å². The van der Waals surface area contributed by atoms with Crippen molar-refractivity contribution in [2.24, 2.45) is 0 Å². The van der Waals surface area contributed by atoms with E-state index in [4.69, 9.17) is 9.15 Å². The second-order valence-corrected chi connectivity index (χ2v) is 6.53. The van der Waals surface area contributed by atoms with Crippen LogP contribution in [0.2, 0.25) is 0 Å². The molecular weight excluding hydrogens is 360 g/mol. The summed E-state index contributed by atoms with van der Waals surface area (Å²) in [5.41, 5.74) is 1.58. The summed E-state index contributed by atoms with van der Waals surface area (Å²) in [6.45, 7) is -0.151. The molecule has 0 aliphatic rings. The Morgan fingerprint density at radius 1 is 1.21 bits per heavy atom. The third kappa shape index (κ3) is 3.32. The number of nitrogens with zero attached hydrogens (tertiary/aromatic N) is 4. The lowest BCUT2D eigenvalue weighted by Gasteiger charge is -2.12. The summed E-state index contributed by atoms with van der Waals surface area (Å²) < 4.78 is 12.1. The average molecular weight is 378 g/mol. The molecule has 0 saturated carbocycles. The smallest absolute Gasteiger partial charge is 0.326 e. The van der Waals surface area contributed by atoms with E-state index in [9.17, 15) is 9.59 Å². The molecule has 0 unspecified atom stereocenters. The number of aromatic nitrogens is 3. The van der Waals surface area contributed by atoms with Gasteiger partial charge in [0.2, 0.25) is 5.58 Å². The summed E-state index contributed by atoms with van der Waals surface area (Å²) in [6.07, 6.45) is 2.99. The minimum Gasteiger partial charge on any atom is -0.459 e. The standard InChI is InChI=1S/C20H18N4O4/c1-23(2)16-9-13(7-8-21-16)11-27-17(25)10-24-12-22-18-14-5-3-4-6-15(14)28-19(18)20(24)26/h3-9,12H,10-11H2,1-2H3. The summed E-state index contributed by atoms with van der Waals surface area (Å²) in [6, 6.07) is 10.9. The van der Waals surface area contributed by atoms with Gasteiger partial charge in [0.25, 0.3) is 5.56 Å². The number of fused-ring (bicyclic) bond motifs is 3. The van der Waals surface area contributed by atoms with Gasteiger partial charge in [0.15, 0.2) is 0 Å². The Balaban J connectivity index is 1.51. The molecule has 0 fully saturated rings. The van der Waals surface area contributed by atoms with Crippen molar-refractivity contribution >= 4 is 33.9 Å². The molecule has 8 heteroatoms. The lowest BCUT2D eigenvalue weighted by atomic mass is 10.2. The van der Waals surface area contributed by atoms with Gasteiger partial charge in [-0.3, -0.25) is 14.2 Å². The van der Waals surface area contributed by atoms with Crippen LogP contribution in [0.4, 0.5) is 5.82 Å². The zero-order valence-electron chi connectivity index (χ0n) is 15.5. The van der Waals surface area contributed by atoms with Gasteiger partial charge in [-0.05, 0) is 29.8 Å². The van der Waals surface area contributed by atoms with Crippen molar-refractivity contribution in [3.8, 4) is 0 Å². The van der Waals surface area contributed by atoms with Gasteiger partial charge in [-0.2, -0.15) is 0 Å². The minimum absolute atomic E-state index is 0.0945. The van der Waals surface area contributed by atoms with Crippen molar-refractivity contribution < 1.29 is 13.9 Å². The van der Waals surface area contributed by atoms with Crippen LogP contribution in [0.25, 0.3) is 22.1 Å². The zero-order valence-corrected chi connectivity index (χ0v) is 15.5. The van der Waals surface area contributed by atoms with Crippen molar-refractivity contribution in [3.05, 3.63) is 64.8 Å². The lowest BCUT2D eigenvalue weighted by molar-refractivity contribution is -0.145. The Bertz CT molecular complexity index is 1230. The number of anilines is 1. The second kappa shape index (κ2) is 7.15. The molecule has 3 aromatic heterocycles. The Morgan fingerprint density at radius 3 is 2.86 bits per heavy atom. The van der Waals surface area contributed by atoms with E-state index in [2.05, 4.69) is 9.97 Å². The van der Waals surface area contributed by atoms with Gasteiger partial charge >= 0.3 is 5.97 Å². The molecule has 0 aliphatic heterocycles. The normalized spacial score (nSPS) is 11.1. The molecule has 0 aliphatic carbocycles. The Kier molecular flexibility index (Phi) is 4.52. The zero-order chi connectivity index (χ0) is 19.7. The highest BCUT2D eigenvalue weighted by molar-refractivity contribution is 6.01. The Morgan fingerprint density at radius 2 is 2.04 bits per heavy atom. The Hall–Kier alpha value is -3.68. The first kappa shape index (κ1) is 17.7. The number of rotatable bonds is 5. The first-order chi connectivity index (χ1) is 13.5. The lowest BCUT2D eigenvalue weighted by Crippen LogP contribution is -2.25. The molecule has 8 nitrogen and oxygen atoms in total. The maximum absolute atomic E-state index is 12.6. The third-order valence-corrected chi connectivity index (χ3v) is 4.32. The molecule has 0 radical (unpaired) electrons. The van der Waals surface area contributed by atoms with Crippen molar-refractivity contribution in [2.45, 2.75) is 13.2 Å². The molecule has 28 heavy (non-hydrogen) atoms. The quantitative estimate of drug-likeness (QED) is 0.492. The summed E-state index contributed by atoms with van der Waals surface area (Å²) in [4.78, 5) is 35.2. The molecule has 0 N–H and O–H groups in total. The van der Waals surface area contributed by atoms with E-state index in [1.165, 1.54) is 10.9 Å². The number of benzene rings is 1. The first-order valence-corrected chi connectivity index (χ1v) is 8.67. The minimum atomic E-state index is -0.539. The number of para-hydroxylation sites is 1. The molecule has 4 aromatic rings. The van der Waals surface area contributed by atoms with Gasteiger partial charge in [-0.15, -0.1) is 0 Å². The van der Waals surface area contributed by atoms with E-state index in [1.807, 2.05) is 43.3 Å². The Labute approximate surface area is 160 Å². The van der Waals surface area contributed by atoms with Crippen molar-refractivity contribution in [1.29, 1.82) is 0 Å².